The zero-order chi connectivity index (χ0) is 20.2. The van der Waals surface area contributed by atoms with Gasteiger partial charge in [-0.15, -0.1) is 0 Å². The van der Waals surface area contributed by atoms with Crippen LogP contribution in [0.5, 0.6) is 0 Å². The second-order valence-corrected chi connectivity index (χ2v) is 7.04. The summed E-state index contributed by atoms with van der Waals surface area (Å²) in [7, 11) is 0. The first kappa shape index (κ1) is 18.9. The minimum Gasteiger partial charge on any atom is -0.350 e. The van der Waals surface area contributed by atoms with Gasteiger partial charge >= 0.3 is 0 Å². The quantitative estimate of drug-likeness (QED) is 0.662. The Kier molecular flexibility index (Phi) is 5.41. The van der Waals surface area contributed by atoms with Crippen LogP contribution in [-0.2, 0) is 24.2 Å². The number of rotatable bonds is 4. The highest BCUT2D eigenvalue weighted by molar-refractivity contribution is 5.78. The number of H-pyrrole nitrogens is 1. The zero-order valence-electron chi connectivity index (χ0n) is 15.7. The van der Waals surface area contributed by atoms with Crippen molar-refractivity contribution in [2.24, 2.45) is 5.92 Å². The van der Waals surface area contributed by atoms with Crippen molar-refractivity contribution < 1.29 is 9.18 Å². The summed E-state index contributed by atoms with van der Waals surface area (Å²) in [5, 5.41) is 2.90. The first-order valence-corrected chi connectivity index (χ1v) is 9.51. The highest BCUT2D eigenvalue weighted by atomic mass is 19.1. The minimum atomic E-state index is -0.346. The third kappa shape index (κ3) is 4.37. The van der Waals surface area contributed by atoms with Crippen molar-refractivity contribution in [2.75, 3.05) is 0 Å². The van der Waals surface area contributed by atoms with Crippen molar-refractivity contribution in [1.82, 2.24) is 25.3 Å². The zero-order valence-corrected chi connectivity index (χ0v) is 15.7. The minimum absolute atomic E-state index is 0.0568. The Morgan fingerprint density at radius 2 is 1.97 bits per heavy atom. The molecule has 148 valence electrons. The van der Waals surface area contributed by atoms with E-state index >= 15 is 0 Å². The number of fused-ring (bicyclic) bond motifs is 1. The van der Waals surface area contributed by atoms with Crippen LogP contribution < -0.4 is 10.9 Å². The molecule has 0 fully saturated rings. The molecular weight excluding hydrogens is 373 g/mol. The Hall–Kier alpha value is -3.42. The molecule has 4 rings (SSSR count). The summed E-state index contributed by atoms with van der Waals surface area (Å²) in [6.45, 7) is 0.323. The molecule has 2 heterocycles. The largest absolute Gasteiger partial charge is 0.350 e. The number of carbonyl (C=O) groups is 1. The molecule has 3 aromatic rings. The Balaban J connectivity index is 1.47. The molecule has 1 aliphatic rings. The summed E-state index contributed by atoms with van der Waals surface area (Å²) in [5.41, 5.74) is 2.47. The molecule has 0 radical (unpaired) electrons. The van der Waals surface area contributed by atoms with E-state index in [4.69, 9.17) is 0 Å². The van der Waals surface area contributed by atoms with Crippen LogP contribution in [0.1, 0.15) is 29.8 Å². The van der Waals surface area contributed by atoms with Gasteiger partial charge in [-0.1, -0.05) is 0 Å². The lowest BCUT2D eigenvalue weighted by Gasteiger charge is -2.13. The van der Waals surface area contributed by atoms with E-state index in [1.165, 1.54) is 12.1 Å². The number of aromatic nitrogens is 4. The molecule has 1 amide bonds. The van der Waals surface area contributed by atoms with Gasteiger partial charge < -0.3 is 10.3 Å². The Morgan fingerprint density at radius 1 is 1.17 bits per heavy atom. The van der Waals surface area contributed by atoms with E-state index in [9.17, 15) is 14.0 Å². The van der Waals surface area contributed by atoms with Crippen LogP contribution in [0, 0.1) is 11.7 Å². The van der Waals surface area contributed by atoms with Gasteiger partial charge in [0.2, 0.25) is 5.91 Å². The predicted octanol–water partition coefficient (Wildman–Crippen LogP) is 2.18. The summed E-state index contributed by atoms with van der Waals surface area (Å²) < 4.78 is 13.2. The van der Waals surface area contributed by atoms with Crippen molar-refractivity contribution in [2.45, 2.75) is 32.2 Å². The molecule has 29 heavy (non-hydrogen) atoms. The number of benzene rings is 1. The SMILES string of the molecule is O=C(NCc1cnccn1)C1CCc2nc(-c3ccc(F)cc3)[nH]c(=O)c2CC1. The van der Waals surface area contributed by atoms with E-state index in [2.05, 4.69) is 25.3 Å². The van der Waals surface area contributed by atoms with E-state index in [0.29, 0.717) is 60.6 Å². The molecule has 7 nitrogen and oxygen atoms in total. The number of nitrogens with one attached hydrogen (secondary N) is 2. The summed E-state index contributed by atoms with van der Waals surface area (Å²) in [5.74, 6) is -0.186. The Morgan fingerprint density at radius 3 is 2.72 bits per heavy atom. The number of amides is 1. The Bertz CT molecular complexity index is 1070. The molecular formula is C21H20FN5O2. The lowest BCUT2D eigenvalue weighted by molar-refractivity contribution is -0.125. The second-order valence-electron chi connectivity index (χ2n) is 7.04. The maximum Gasteiger partial charge on any atom is 0.254 e. The van der Waals surface area contributed by atoms with E-state index in [1.807, 2.05) is 0 Å². The van der Waals surface area contributed by atoms with Gasteiger partial charge in [0.15, 0.2) is 0 Å². The van der Waals surface area contributed by atoms with Gasteiger partial charge in [-0.2, -0.15) is 0 Å². The van der Waals surface area contributed by atoms with Crippen molar-refractivity contribution in [1.29, 1.82) is 0 Å². The number of hydrogen-bond acceptors (Lipinski definition) is 5. The smallest absolute Gasteiger partial charge is 0.254 e. The molecule has 0 saturated heterocycles. The standard InChI is InChI=1S/C21H20FN5O2/c22-15-5-1-13(2-6-15)19-26-18-8-4-14(3-7-17(18)21(29)27-19)20(28)25-12-16-11-23-9-10-24-16/h1-2,5-6,9-11,14H,3-4,7-8,12H2,(H,25,28)(H,26,27,29). The number of aryl methyl sites for hydroxylation is 1. The third-order valence-corrected chi connectivity index (χ3v) is 5.12. The monoisotopic (exact) mass is 393 g/mol. The van der Waals surface area contributed by atoms with Gasteiger partial charge in [0.25, 0.3) is 5.56 Å². The predicted molar refractivity (Wildman–Crippen MR) is 104 cm³/mol. The average molecular weight is 393 g/mol. The van der Waals surface area contributed by atoms with Crippen LogP contribution in [0.4, 0.5) is 4.39 Å². The normalized spacial score (nSPS) is 16.0. The van der Waals surface area contributed by atoms with Gasteiger partial charge in [-0.25, -0.2) is 9.37 Å². The van der Waals surface area contributed by atoms with E-state index in [1.54, 1.807) is 30.7 Å². The molecule has 0 bridgehead atoms. The molecule has 1 unspecified atom stereocenters. The molecule has 2 aromatic heterocycles. The average Bonchev–Trinajstić information content (AvgIpc) is 2.96. The fourth-order valence-corrected chi connectivity index (χ4v) is 3.53. The summed E-state index contributed by atoms with van der Waals surface area (Å²) in [6, 6.07) is 5.83. The van der Waals surface area contributed by atoms with Gasteiger partial charge in [-0.05, 0) is 49.9 Å². The molecule has 1 aliphatic carbocycles. The summed E-state index contributed by atoms with van der Waals surface area (Å²) in [6.07, 6.45) is 7.00. The maximum absolute atomic E-state index is 13.2. The van der Waals surface area contributed by atoms with Gasteiger partial charge in [0.05, 0.1) is 24.1 Å². The molecule has 0 saturated carbocycles. The number of aromatic amines is 1. The van der Waals surface area contributed by atoms with Crippen LogP contribution in [0.3, 0.4) is 0 Å². The topological polar surface area (TPSA) is 101 Å². The summed E-state index contributed by atoms with van der Waals surface area (Å²) >= 11 is 0. The van der Waals surface area contributed by atoms with Crippen molar-refractivity contribution in [3.63, 3.8) is 0 Å². The van der Waals surface area contributed by atoms with E-state index in [-0.39, 0.29) is 23.2 Å². The molecule has 0 aliphatic heterocycles. The number of nitrogens with zero attached hydrogens (tertiary/aromatic N) is 3. The molecule has 1 aromatic carbocycles. The maximum atomic E-state index is 13.2. The molecule has 0 spiro atoms. The lowest BCUT2D eigenvalue weighted by Crippen LogP contribution is -2.30. The van der Waals surface area contributed by atoms with Crippen LogP contribution in [0.15, 0.2) is 47.7 Å². The first-order valence-electron chi connectivity index (χ1n) is 9.51. The summed E-state index contributed by atoms with van der Waals surface area (Å²) in [4.78, 5) is 40.7. The van der Waals surface area contributed by atoms with Crippen LogP contribution in [0.2, 0.25) is 0 Å². The van der Waals surface area contributed by atoms with Gasteiger partial charge in [-0.3, -0.25) is 19.6 Å². The molecule has 2 N–H and O–H groups in total. The second kappa shape index (κ2) is 8.30. The highest BCUT2D eigenvalue weighted by Crippen LogP contribution is 2.23. The van der Waals surface area contributed by atoms with Gasteiger partial charge in [0, 0.05) is 29.4 Å². The first-order chi connectivity index (χ1) is 14.1. The van der Waals surface area contributed by atoms with E-state index in [0.717, 1.165) is 0 Å². The van der Waals surface area contributed by atoms with E-state index < -0.39 is 0 Å². The number of halogens is 1. The fourth-order valence-electron chi connectivity index (χ4n) is 3.53. The lowest BCUT2D eigenvalue weighted by atomic mass is 9.99. The van der Waals surface area contributed by atoms with Crippen LogP contribution in [0.25, 0.3) is 11.4 Å². The van der Waals surface area contributed by atoms with Crippen LogP contribution >= 0.6 is 0 Å². The number of hydrogen-bond donors (Lipinski definition) is 2. The number of carbonyl (C=O) groups excluding carboxylic acids is 1. The third-order valence-electron chi connectivity index (χ3n) is 5.12. The van der Waals surface area contributed by atoms with Gasteiger partial charge in [0.1, 0.15) is 11.6 Å². The Labute approximate surface area is 166 Å². The fraction of sp³-hybridized carbons (Fsp3) is 0.286. The van der Waals surface area contributed by atoms with Crippen LogP contribution in [-0.4, -0.2) is 25.8 Å². The highest BCUT2D eigenvalue weighted by Gasteiger charge is 2.25. The van der Waals surface area contributed by atoms with Crippen molar-refractivity contribution >= 4 is 5.91 Å². The van der Waals surface area contributed by atoms with Crippen molar-refractivity contribution in [3.05, 3.63) is 76.0 Å². The van der Waals surface area contributed by atoms with Crippen molar-refractivity contribution in [3.8, 4) is 11.4 Å². The molecule has 8 heteroatoms. The molecule has 1 atom stereocenters.